The van der Waals surface area contributed by atoms with Gasteiger partial charge >= 0.3 is 5.69 Å². The Balaban J connectivity index is 2.55. The molecule has 2 aromatic rings. The standard InChI is InChI=1S/C13H17ClN4O2/c1-3-4-5-6-18-11-9(7-16-20-2)10(14)8-15-12(11)17-13(18)19/h7-8H,3-6H2,1-2H3,(H,15,17,19)/b16-7-. The average molecular weight is 297 g/mol. The van der Waals surface area contributed by atoms with Gasteiger partial charge in [0.1, 0.15) is 7.11 Å². The van der Waals surface area contributed by atoms with Crippen LogP contribution in [0.3, 0.4) is 0 Å². The normalized spacial score (nSPS) is 11.6. The highest BCUT2D eigenvalue weighted by Gasteiger charge is 2.14. The molecule has 2 heterocycles. The molecule has 2 rings (SSSR count). The predicted molar refractivity (Wildman–Crippen MR) is 79.5 cm³/mol. The van der Waals surface area contributed by atoms with E-state index in [0.29, 0.717) is 28.3 Å². The molecule has 6 nitrogen and oxygen atoms in total. The van der Waals surface area contributed by atoms with Crippen LogP contribution >= 0.6 is 11.6 Å². The molecule has 0 atom stereocenters. The first-order valence-corrected chi connectivity index (χ1v) is 6.90. The number of aromatic nitrogens is 3. The largest absolute Gasteiger partial charge is 0.399 e. The highest BCUT2D eigenvalue weighted by atomic mass is 35.5. The van der Waals surface area contributed by atoms with Gasteiger partial charge < -0.3 is 4.84 Å². The van der Waals surface area contributed by atoms with Gasteiger partial charge in [-0.1, -0.05) is 36.5 Å². The molecule has 0 amide bonds. The summed E-state index contributed by atoms with van der Waals surface area (Å²) in [5, 5.41) is 4.17. The van der Waals surface area contributed by atoms with Crippen LogP contribution in [-0.2, 0) is 11.4 Å². The second-order valence-electron chi connectivity index (χ2n) is 4.42. The van der Waals surface area contributed by atoms with E-state index in [4.69, 9.17) is 11.6 Å². The Kier molecular flexibility index (Phi) is 4.79. The third-order valence-electron chi connectivity index (χ3n) is 3.06. The molecule has 0 saturated heterocycles. The van der Waals surface area contributed by atoms with Crippen LogP contribution < -0.4 is 5.69 Å². The van der Waals surface area contributed by atoms with E-state index in [0.717, 1.165) is 19.3 Å². The molecular formula is C13H17ClN4O2. The van der Waals surface area contributed by atoms with Crippen LogP contribution in [-0.4, -0.2) is 27.9 Å². The molecule has 0 bridgehead atoms. The number of halogens is 1. The van der Waals surface area contributed by atoms with Crippen molar-refractivity contribution in [1.29, 1.82) is 0 Å². The second kappa shape index (κ2) is 6.56. The monoisotopic (exact) mass is 296 g/mol. The number of fused-ring (bicyclic) bond motifs is 1. The Labute approximate surface area is 121 Å². The number of nitrogens with one attached hydrogen (secondary N) is 1. The number of nitrogens with zero attached hydrogens (tertiary/aromatic N) is 3. The molecule has 0 aliphatic carbocycles. The maximum absolute atomic E-state index is 12.0. The SMILES string of the molecule is CCCCCn1c(=O)[nH]c2ncc(Cl)c(/C=N\OC)c21. The Morgan fingerprint density at radius 2 is 2.35 bits per heavy atom. The third-order valence-corrected chi connectivity index (χ3v) is 3.36. The summed E-state index contributed by atoms with van der Waals surface area (Å²) in [6.07, 6.45) is 6.07. The van der Waals surface area contributed by atoms with Crippen molar-refractivity contribution in [3.63, 3.8) is 0 Å². The van der Waals surface area contributed by atoms with Gasteiger partial charge in [-0.2, -0.15) is 0 Å². The van der Waals surface area contributed by atoms with E-state index in [1.807, 2.05) is 0 Å². The Morgan fingerprint density at radius 1 is 1.55 bits per heavy atom. The lowest BCUT2D eigenvalue weighted by atomic mass is 10.2. The van der Waals surface area contributed by atoms with Crippen molar-refractivity contribution in [2.45, 2.75) is 32.7 Å². The van der Waals surface area contributed by atoms with Gasteiger partial charge in [-0.25, -0.2) is 9.78 Å². The fraction of sp³-hybridized carbons (Fsp3) is 0.462. The molecule has 0 spiro atoms. The lowest BCUT2D eigenvalue weighted by molar-refractivity contribution is 0.215. The molecule has 108 valence electrons. The molecule has 20 heavy (non-hydrogen) atoms. The maximum atomic E-state index is 12.0. The van der Waals surface area contributed by atoms with Gasteiger partial charge in [-0.3, -0.25) is 9.55 Å². The number of rotatable bonds is 6. The topological polar surface area (TPSA) is 72.3 Å². The van der Waals surface area contributed by atoms with Crippen molar-refractivity contribution in [2.24, 2.45) is 5.16 Å². The zero-order valence-corrected chi connectivity index (χ0v) is 12.3. The van der Waals surface area contributed by atoms with Crippen molar-refractivity contribution < 1.29 is 4.84 Å². The lowest BCUT2D eigenvalue weighted by Gasteiger charge is -2.05. The predicted octanol–water partition coefficient (Wildman–Crippen LogP) is 2.55. The van der Waals surface area contributed by atoms with Gasteiger partial charge in [-0.15, -0.1) is 0 Å². The van der Waals surface area contributed by atoms with Crippen molar-refractivity contribution in [1.82, 2.24) is 14.5 Å². The van der Waals surface area contributed by atoms with E-state index in [1.165, 1.54) is 19.5 Å². The summed E-state index contributed by atoms with van der Waals surface area (Å²) in [4.78, 5) is 23.6. The first-order chi connectivity index (χ1) is 9.69. The van der Waals surface area contributed by atoms with E-state index in [2.05, 4.69) is 26.9 Å². The van der Waals surface area contributed by atoms with Gasteiger partial charge in [0.2, 0.25) is 0 Å². The van der Waals surface area contributed by atoms with Crippen molar-refractivity contribution in [2.75, 3.05) is 7.11 Å². The van der Waals surface area contributed by atoms with E-state index in [9.17, 15) is 4.79 Å². The summed E-state index contributed by atoms with van der Waals surface area (Å²) < 4.78 is 1.65. The minimum atomic E-state index is -0.182. The van der Waals surface area contributed by atoms with E-state index < -0.39 is 0 Å². The number of aryl methyl sites for hydroxylation is 1. The van der Waals surface area contributed by atoms with E-state index in [1.54, 1.807) is 4.57 Å². The summed E-state index contributed by atoms with van der Waals surface area (Å²) in [6, 6.07) is 0. The minimum absolute atomic E-state index is 0.182. The molecule has 0 aliphatic rings. The van der Waals surface area contributed by atoms with Crippen molar-refractivity contribution >= 4 is 29.0 Å². The minimum Gasteiger partial charge on any atom is -0.399 e. The highest BCUT2D eigenvalue weighted by molar-refractivity contribution is 6.34. The van der Waals surface area contributed by atoms with Crippen LogP contribution in [0.1, 0.15) is 31.7 Å². The van der Waals surface area contributed by atoms with Gasteiger partial charge in [-0.05, 0) is 6.42 Å². The number of imidazole rings is 1. The summed E-state index contributed by atoms with van der Waals surface area (Å²) in [7, 11) is 1.45. The Hall–Kier alpha value is -1.82. The smallest absolute Gasteiger partial charge is 0.327 e. The second-order valence-corrected chi connectivity index (χ2v) is 4.83. The van der Waals surface area contributed by atoms with Crippen LogP contribution in [0.4, 0.5) is 0 Å². The quantitative estimate of drug-likeness (QED) is 0.506. The van der Waals surface area contributed by atoms with Crippen molar-refractivity contribution in [3.8, 4) is 0 Å². The van der Waals surface area contributed by atoms with E-state index in [-0.39, 0.29) is 5.69 Å². The summed E-state index contributed by atoms with van der Waals surface area (Å²) in [5.74, 6) is 0. The summed E-state index contributed by atoms with van der Waals surface area (Å²) in [5.41, 5.74) is 1.62. The molecule has 0 fully saturated rings. The number of pyridine rings is 1. The van der Waals surface area contributed by atoms with Gasteiger partial charge in [0, 0.05) is 18.3 Å². The van der Waals surface area contributed by atoms with Crippen LogP contribution in [0.15, 0.2) is 16.1 Å². The van der Waals surface area contributed by atoms with Crippen LogP contribution in [0.5, 0.6) is 0 Å². The zero-order valence-electron chi connectivity index (χ0n) is 11.5. The average Bonchev–Trinajstić information content (AvgIpc) is 2.75. The summed E-state index contributed by atoms with van der Waals surface area (Å²) in [6.45, 7) is 2.75. The number of H-pyrrole nitrogens is 1. The van der Waals surface area contributed by atoms with Crippen LogP contribution in [0.2, 0.25) is 5.02 Å². The number of aromatic amines is 1. The molecule has 2 aromatic heterocycles. The van der Waals surface area contributed by atoms with Crippen LogP contribution in [0, 0.1) is 0 Å². The summed E-state index contributed by atoms with van der Waals surface area (Å²) >= 11 is 6.14. The molecule has 0 radical (unpaired) electrons. The first kappa shape index (κ1) is 14.6. The Bertz CT molecular complexity index is 675. The number of oxime groups is 1. The molecule has 0 saturated carbocycles. The van der Waals surface area contributed by atoms with Gasteiger partial charge in [0.05, 0.1) is 16.8 Å². The molecule has 0 unspecified atom stereocenters. The molecule has 7 heteroatoms. The van der Waals surface area contributed by atoms with Gasteiger partial charge in [0.25, 0.3) is 0 Å². The number of hydrogen-bond donors (Lipinski definition) is 1. The third kappa shape index (κ3) is 2.85. The maximum Gasteiger partial charge on any atom is 0.327 e. The van der Waals surface area contributed by atoms with Crippen molar-refractivity contribution in [3.05, 3.63) is 27.3 Å². The van der Waals surface area contributed by atoms with Gasteiger partial charge in [0.15, 0.2) is 5.65 Å². The molecule has 1 N–H and O–H groups in total. The number of hydrogen-bond acceptors (Lipinski definition) is 4. The zero-order chi connectivity index (χ0) is 14.5. The first-order valence-electron chi connectivity index (χ1n) is 6.52. The molecule has 0 aromatic carbocycles. The lowest BCUT2D eigenvalue weighted by Crippen LogP contribution is -2.17. The number of unbranched alkanes of at least 4 members (excludes halogenated alkanes) is 2. The fourth-order valence-corrected chi connectivity index (χ4v) is 2.28. The highest BCUT2D eigenvalue weighted by Crippen LogP contribution is 2.21. The fourth-order valence-electron chi connectivity index (χ4n) is 2.09. The van der Waals surface area contributed by atoms with Crippen LogP contribution in [0.25, 0.3) is 11.2 Å². The molecular weight excluding hydrogens is 280 g/mol. The van der Waals surface area contributed by atoms with E-state index >= 15 is 0 Å². The molecule has 0 aliphatic heterocycles. The Morgan fingerprint density at radius 3 is 3.05 bits per heavy atom.